The first-order valence-corrected chi connectivity index (χ1v) is 6.79. The monoisotopic (exact) mass is 278 g/mol. The molecular formula is C12H22O5S. The lowest BCUT2D eigenvalue weighted by atomic mass is 10.1. The van der Waals surface area contributed by atoms with Gasteiger partial charge in [-0.2, -0.15) is 0 Å². The van der Waals surface area contributed by atoms with E-state index in [4.69, 9.17) is 10.2 Å². The second kappa shape index (κ2) is 10.3. The molecule has 5 nitrogen and oxygen atoms in total. The van der Waals surface area contributed by atoms with E-state index in [0.717, 1.165) is 19.3 Å². The number of thiol groups is 1. The summed E-state index contributed by atoms with van der Waals surface area (Å²) >= 11 is 3.47. The zero-order valence-electron chi connectivity index (χ0n) is 10.7. The highest BCUT2D eigenvalue weighted by Crippen LogP contribution is 2.08. The van der Waals surface area contributed by atoms with Crippen LogP contribution in [0.3, 0.4) is 0 Å². The Kier molecular flexibility index (Phi) is 10.0. The largest absolute Gasteiger partial charge is 0.391 e. The molecular weight excluding hydrogens is 256 g/mol. The van der Waals surface area contributed by atoms with Crippen LogP contribution in [0.15, 0.2) is 0 Å². The van der Waals surface area contributed by atoms with Gasteiger partial charge in [0.25, 0.3) is 0 Å². The Morgan fingerprint density at radius 3 is 2.22 bits per heavy atom. The van der Waals surface area contributed by atoms with E-state index < -0.39 is 23.5 Å². The quantitative estimate of drug-likeness (QED) is 0.195. The van der Waals surface area contributed by atoms with E-state index in [9.17, 15) is 9.59 Å². The molecule has 0 saturated heterocycles. The minimum atomic E-state index is -1.79. The molecule has 0 spiro atoms. The van der Waals surface area contributed by atoms with Crippen LogP contribution in [0.5, 0.6) is 0 Å². The molecule has 0 bridgehead atoms. The molecule has 0 aromatic carbocycles. The van der Waals surface area contributed by atoms with E-state index in [1.165, 1.54) is 12.8 Å². The van der Waals surface area contributed by atoms with Crippen LogP contribution in [-0.2, 0) is 14.3 Å². The predicted octanol–water partition coefficient (Wildman–Crippen LogP) is 1.42. The summed E-state index contributed by atoms with van der Waals surface area (Å²) in [5, 5.41) is 17.9. The lowest BCUT2D eigenvalue weighted by Crippen LogP contribution is -2.33. The van der Waals surface area contributed by atoms with Gasteiger partial charge >= 0.3 is 11.9 Å². The third-order valence-electron chi connectivity index (χ3n) is 2.47. The van der Waals surface area contributed by atoms with Crippen LogP contribution in [0.4, 0.5) is 0 Å². The van der Waals surface area contributed by atoms with Crippen LogP contribution in [0.2, 0.25) is 0 Å². The highest BCUT2D eigenvalue weighted by atomic mass is 32.1. The van der Waals surface area contributed by atoms with Gasteiger partial charge in [0.05, 0.1) is 0 Å². The Hall–Kier alpha value is -0.590. The van der Waals surface area contributed by atoms with E-state index in [2.05, 4.69) is 24.3 Å². The SMILES string of the molecule is CCCCCCCCC(=O)OC(=O)C(O)C(O)S. The van der Waals surface area contributed by atoms with Crippen molar-refractivity contribution < 1.29 is 24.5 Å². The Labute approximate surface area is 113 Å². The van der Waals surface area contributed by atoms with E-state index in [1.807, 2.05) is 0 Å². The molecule has 2 N–H and O–H groups in total. The van der Waals surface area contributed by atoms with Gasteiger partial charge in [-0.1, -0.05) is 39.0 Å². The van der Waals surface area contributed by atoms with Crippen LogP contribution < -0.4 is 0 Å². The van der Waals surface area contributed by atoms with E-state index in [0.29, 0.717) is 6.42 Å². The number of esters is 2. The number of hydrogen-bond donors (Lipinski definition) is 3. The van der Waals surface area contributed by atoms with Gasteiger partial charge in [-0.25, -0.2) is 4.79 Å². The van der Waals surface area contributed by atoms with Crippen molar-refractivity contribution in [2.24, 2.45) is 0 Å². The van der Waals surface area contributed by atoms with Crippen molar-refractivity contribution in [1.29, 1.82) is 0 Å². The molecule has 0 aliphatic carbocycles. The zero-order chi connectivity index (χ0) is 14.0. The number of rotatable bonds is 9. The third kappa shape index (κ3) is 8.49. The third-order valence-corrected chi connectivity index (χ3v) is 2.76. The van der Waals surface area contributed by atoms with Crippen LogP contribution in [0.1, 0.15) is 51.9 Å². The fourth-order valence-electron chi connectivity index (χ4n) is 1.39. The fraction of sp³-hybridized carbons (Fsp3) is 0.833. The molecule has 0 heterocycles. The van der Waals surface area contributed by atoms with E-state index in [1.54, 1.807) is 0 Å². The lowest BCUT2D eigenvalue weighted by molar-refractivity contribution is -0.167. The summed E-state index contributed by atoms with van der Waals surface area (Å²) in [6.07, 6.45) is 4.50. The van der Waals surface area contributed by atoms with Crippen molar-refractivity contribution in [2.75, 3.05) is 0 Å². The summed E-state index contributed by atoms with van der Waals surface area (Å²) in [4.78, 5) is 22.3. The van der Waals surface area contributed by atoms with Crippen LogP contribution >= 0.6 is 12.6 Å². The minimum Gasteiger partial charge on any atom is -0.391 e. The summed E-state index contributed by atoms with van der Waals surface area (Å²) in [6, 6.07) is 0. The standard InChI is InChI=1S/C12H22O5S/c1-2-3-4-5-6-7-8-9(13)17-11(15)10(14)12(16)18/h10,12,14,16,18H,2-8H2,1H3. The highest BCUT2D eigenvalue weighted by Gasteiger charge is 2.24. The number of ether oxygens (including phenoxy) is 1. The Balaban J connectivity index is 3.62. The van der Waals surface area contributed by atoms with Crippen molar-refractivity contribution in [3.05, 3.63) is 0 Å². The molecule has 0 aliphatic rings. The molecule has 0 radical (unpaired) electrons. The minimum absolute atomic E-state index is 0.146. The van der Waals surface area contributed by atoms with Crippen molar-refractivity contribution in [2.45, 2.75) is 63.4 Å². The second-order valence-electron chi connectivity index (χ2n) is 4.17. The molecule has 2 unspecified atom stereocenters. The van der Waals surface area contributed by atoms with Gasteiger partial charge in [0.15, 0.2) is 6.10 Å². The van der Waals surface area contributed by atoms with Gasteiger partial charge in [-0.15, -0.1) is 12.6 Å². The van der Waals surface area contributed by atoms with Gasteiger partial charge < -0.3 is 14.9 Å². The molecule has 0 aliphatic heterocycles. The fourth-order valence-corrected chi connectivity index (χ4v) is 1.52. The first-order valence-electron chi connectivity index (χ1n) is 6.27. The van der Waals surface area contributed by atoms with Gasteiger partial charge in [-0.3, -0.25) is 4.79 Å². The molecule has 6 heteroatoms. The molecule has 0 fully saturated rings. The Morgan fingerprint density at radius 1 is 1.11 bits per heavy atom. The number of unbranched alkanes of at least 4 members (excludes halogenated alkanes) is 5. The molecule has 0 aromatic heterocycles. The molecule has 0 aromatic rings. The van der Waals surface area contributed by atoms with Crippen molar-refractivity contribution in [3.8, 4) is 0 Å². The number of carbonyl (C=O) groups is 2. The number of carbonyl (C=O) groups excluding carboxylic acids is 2. The summed E-state index contributed by atoms with van der Waals surface area (Å²) in [5.41, 5.74) is -1.54. The Morgan fingerprint density at radius 2 is 1.67 bits per heavy atom. The molecule has 0 saturated carbocycles. The first kappa shape index (κ1) is 17.4. The smallest absolute Gasteiger partial charge is 0.346 e. The van der Waals surface area contributed by atoms with Crippen molar-refractivity contribution in [1.82, 2.24) is 0 Å². The van der Waals surface area contributed by atoms with Gasteiger partial charge in [0.2, 0.25) is 0 Å². The van der Waals surface area contributed by atoms with E-state index >= 15 is 0 Å². The number of hydrogen-bond acceptors (Lipinski definition) is 6. The average Bonchev–Trinajstić information content (AvgIpc) is 2.32. The molecule has 18 heavy (non-hydrogen) atoms. The first-order chi connectivity index (χ1) is 8.49. The van der Waals surface area contributed by atoms with Gasteiger partial charge in [-0.05, 0) is 6.42 Å². The van der Waals surface area contributed by atoms with Crippen LogP contribution in [-0.4, -0.2) is 33.7 Å². The summed E-state index contributed by atoms with van der Waals surface area (Å²) in [7, 11) is 0. The Bertz CT molecular complexity index is 255. The lowest BCUT2D eigenvalue weighted by Gasteiger charge is -2.10. The van der Waals surface area contributed by atoms with Crippen molar-refractivity contribution in [3.63, 3.8) is 0 Å². The van der Waals surface area contributed by atoms with Gasteiger partial charge in [0, 0.05) is 6.42 Å². The highest BCUT2D eigenvalue weighted by molar-refractivity contribution is 7.80. The van der Waals surface area contributed by atoms with Crippen molar-refractivity contribution >= 4 is 24.6 Å². The number of aliphatic hydroxyl groups excluding tert-OH is 2. The maximum Gasteiger partial charge on any atom is 0.346 e. The topological polar surface area (TPSA) is 83.8 Å². The number of aliphatic hydroxyl groups is 2. The molecule has 0 amide bonds. The van der Waals surface area contributed by atoms with E-state index in [-0.39, 0.29) is 6.42 Å². The predicted molar refractivity (Wildman–Crippen MR) is 70.1 cm³/mol. The normalized spacial score (nSPS) is 14.0. The maximum atomic E-state index is 11.2. The zero-order valence-corrected chi connectivity index (χ0v) is 11.6. The molecule has 2 atom stereocenters. The molecule has 106 valence electrons. The maximum absolute atomic E-state index is 11.2. The molecule has 0 rings (SSSR count). The van der Waals surface area contributed by atoms with Gasteiger partial charge in [0.1, 0.15) is 5.44 Å². The summed E-state index contributed by atoms with van der Waals surface area (Å²) < 4.78 is 4.36. The summed E-state index contributed by atoms with van der Waals surface area (Å²) in [6.45, 7) is 2.13. The average molecular weight is 278 g/mol. The van der Waals surface area contributed by atoms with Crippen LogP contribution in [0.25, 0.3) is 0 Å². The second-order valence-corrected chi connectivity index (χ2v) is 4.70. The van der Waals surface area contributed by atoms with Crippen LogP contribution in [0, 0.1) is 0 Å². The summed E-state index contributed by atoms with van der Waals surface area (Å²) in [5.74, 6) is -1.84.